The molecule has 0 spiro atoms. The van der Waals surface area contributed by atoms with Gasteiger partial charge < -0.3 is 5.32 Å². The largest absolute Gasteiger partial charge is 0.328 e. The van der Waals surface area contributed by atoms with Crippen LogP contribution >= 0.6 is 23.4 Å². The second kappa shape index (κ2) is 8.56. The monoisotopic (exact) mass is 495 g/mol. The second-order valence-corrected chi connectivity index (χ2v) is 10.6. The summed E-state index contributed by atoms with van der Waals surface area (Å²) < 4.78 is 1.74. The molecule has 8 nitrogen and oxygen atoms in total. The highest BCUT2D eigenvalue weighted by Crippen LogP contribution is 2.46. The summed E-state index contributed by atoms with van der Waals surface area (Å²) in [6.07, 6.45) is 1.19. The summed E-state index contributed by atoms with van der Waals surface area (Å²) in [6.45, 7) is 4.18. The highest BCUT2D eigenvalue weighted by atomic mass is 35.5. The Morgan fingerprint density at radius 3 is 2.65 bits per heavy atom. The fourth-order valence-corrected chi connectivity index (χ4v) is 5.52. The van der Waals surface area contributed by atoms with Gasteiger partial charge in [0.1, 0.15) is 6.04 Å². The molecule has 34 heavy (non-hydrogen) atoms. The summed E-state index contributed by atoms with van der Waals surface area (Å²) in [5.41, 5.74) is 3.21. The van der Waals surface area contributed by atoms with Crippen LogP contribution in [0.3, 0.4) is 0 Å². The number of carbonyl (C=O) groups excluding carboxylic acids is 1. The number of Topliss-reactive ketones (excluding diaryl/α,β-unsaturated/α-hetero) is 1. The zero-order valence-electron chi connectivity index (χ0n) is 18.6. The van der Waals surface area contributed by atoms with E-state index < -0.39 is 11.0 Å². The summed E-state index contributed by atoms with van der Waals surface area (Å²) in [4.78, 5) is 28.4. The molecule has 0 amide bonds. The molecule has 1 aliphatic heterocycles. The molecule has 0 bridgehead atoms. The number of nitro groups is 1. The lowest BCUT2D eigenvalue weighted by Gasteiger charge is -2.38. The maximum Gasteiger partial charge on any atom is 0.269 e. The van der Waals surface area contributed by atoms with Gasteiger partial charge >= 0.3 is 0 Å². The van der Waals surface area contributed by atoms with E-state index >= 15 is 0 Å². The third-order valence-corrected chi connectivity index (χ3v) is 7.28. The molecule has 5 rings (SSSR count). The topological polar surface area (TPSA) is 103 Å². The Bertz CT molecular complexity index is 1330. The predicted octanol–water partition coefficient (Wildman–Crippen LogP) is 5.79. The van der Waals surface area contributed by atoms with E-state index in [1.807, 2.05) is 24.3 Å². The Balaban J connectivity index is 1.49. The minimum absolute atomic E-state index is 0.0559. The quantitative estimate of drug-likeness (QED) is 0.271. The average molecular weight is 496 g/mol. The fourth-order valence-electron chi connectivity index (χ4n) is 4.50. The Morgan fingerprint density at radius 1 is 1.21 bits per heavy atom. The van der Waals surface area contributed by atoms with E-state index in [1.54, 1.807) is 16.8 Å². The minimum atomic E-state index is -0.454. The van der Waals surface area contributed by atoms with E-state index in [1.165, 1.54) is 23.9 Å². The van der Waals surface area contributed by atoms with Crippen molar-refractivity contribution in [3.05, 3.63) is 86.1 Å². The van der Waals surface area contributed by atoms with Gasteiger partial charge in [-0.1, -0.05) is 67.5 Å². The van der Waals surface area contributed by atoms with Crippen molar-refractivity contribution in [3.8, 4) is 0 Å². The summed E-state index contributed by atoms with van der Waals surface area (Å²) in [5, 5.41) is 20.1. The van der Waals surface area contributed by atoms with E-state index in [4.69, 9.17) is 16.7 Å². The van der Waals surface area contributed by atoms with Crippen molar-refractivity contribution in [3.63, 3.8) is 0 Å². The molecule has 3 aromatic rings. The molecule has 2 heterocycles. The van der Waals surface area contributed by atoms with Gasteiger partial charge in [-0.3, -0.25) is 14.9 Å². The molecule has 0 saturated carbocycles. The molecular formula is C24H22ClN5O3S. The number of anilines is 1. The van der Waals surface area contributed by atoms with Gasteiger partial charge in [-0.2, -0.15) is 4.98 Å². The zero-order valence-corrected chi connectivity index (χ0v) is 20.2. The number of rotatable bonds is 5. The number of ketones is 1. The second-order valence-electron chi connectivity index (χ2n) is 9.26. The SMILES string of the molecule is CC1(C)CC(=O)C2=C(C1)Nc1nc(SCc3ccc([N+](=O)[O-])cc3)nn1[C@H]2c1ccccc1Cl. The first-order valence-corrected chi connectivity index (χ1v) is 12.2. The first-order valence-electron chi connectivity index (χ1n) is 10.8. The lowest BCUT2D eigenvalue weighted by atomic mass is 9.73. The minimum Gasteiger partial charge on any atom is -0.328 e. The van der Waals surface area contributed by atoms with Crippen molar-refractivity contribution in [2.45, 2.75) is 43.6 Å². The summed E-state index contributed by atoms with van der Waals surface area (Å²) in [5.74, 6) is 1.21. The van der Waals surface area contributed by atoms with Gasteiger partial charge in [0, 0.05) is 46.2 Å². The highest BCUT2D eigenvalue weighted by molar-refractivity contribution is 7.98. The van der Waals surface area contributed by atoms with Crippen LogP contribution in [0.15, 0.2) is 65.0 Å². The number of non-ortho nitro benzene ring substituents is 1. The number of thioether (sulfide) groups is 1. The third-order valence-electron chi connectivity index (χ3n) is 6.03. The van der Waals surface area contributed by atoms with Gasteiger partial charge in [0.25, 0.3) is 5.69 Å². The van der Waals surface area contributed by atoms with Crippen molar-refractivity contribution in [2.24, 2.45) is 5.41 Å². The first kappa shape index (κ1) is 22.6. The average Bonchev–Trinajstić information content (AvgIpc) is 3.19. The van der Waals surface area contributed by atoms with Crippen LogP contribution in [0.1, 0.15) is 43.9 Å². The molecule has 0 saturated heterocycles. The predicted molar refractivity (Wildman–Crippen MR) is 131 cm³/mol. The number of nitrogens with one attached hydrogen (secondary N) is 1. The van der Waals surface area contributed by atoms with Crippen LogP contribution < -0.4 is 5.32 Å². The van der Waals surface area contributed by atoms with Crippen LogP contribution in [0.4, 0.5) is 11.6 Å². The number of fused-ring (bicyclic) bond motifs is 1. The van der Waals surface area contributed by atoms with Crippen LogP contribution in [0.5, 0.6) is 0 Å². The summed E-state index contributed by atoms with van der Waals surface area (Å²) in [6, 6.07) is 13.5. The number of carbonyl (C=O) groups is 1. The summed E-state index contributed by atoms with van der Waals surface area (Å²) >= 11 is 8.00. The number of nitrogens with zero attached hydrogens (tertiary/aromatic N) is 4. The molecule has 2 aliphatic rings. The lowest BCUT2D eigenvalue weighted by molar-refractivity contribution is -0.384. The van der Waals surface area contributed by atoms with Crippen LogP contribution in [0.2, 0.25) is 5.02 Å². The van der Waals surface area contributed by atoms with Gasteiger partial charge in [0.05, 0.1) is 4.92 Å². The zero-order chi connectivity index (χ0) is 24.0. The van der Waals surface area contributed by atoms with Crippen LogP contribution in [-0.4, -0.2) is 25.5 Å². The molecule has 10 heteroatoms. The van der Waals surface area contributed by atoms with Crippen molar-refractivity contribution in [2.75, 3.05) is 5.32 Å². The highest BCUT2D eigenvalue weighted by Gasteiger charge is 2.42. The van der Waals surface area contributed by atoms with E-state index in [0.29, 0.717) is 33.9 Å². The molecule has 1 atom stereocenters. The Morgan fingerprint density at radius 2 is 1.94 bits per heavy atom. The molecule has 1 aromatic heterocycles. The van der Waals surface area contributed by atoms with Crippen LogP contribution in [-0.2, 0) is 10.5 Å². The normalized spacial score (nSPS) is 18.8. The Hall–Kier alpha value is -3.17. The smallest absolute Gasteiger partial charge is 0.269 e. The van der Waals surface area contributed by atoms with E-state index in [-0.39, 0.29) is 16.9 Å². The number of allylic oxidation sites excluding steroid dienone is 2. The van der Waals surface area contributed by atoms with E-state index in [9.17, 15) is 14.9 Å². The lowest BCUT2D eigenvalue weighted by Crippen LogP contribution is -2.36. The maximum atomic E-state index is 13.3. The van der Waals surface area contributed by atoms with E-state index in [2.05, 4.69) is 24.1 Å². The standard InChI is InChI=1S/C24H22ClN5O3S/c1-24(2)11-18-20(19(31)12-24)21(16-5-3-4-6-17(16)25)29-22(26-18)27-23(28-29)34-13-14-7-9-15(10-8-14)30(32)33/h3-10,21H,11-13H2,1-2H3,(H,26,27,28)/t21-/m0/s1. The summed E-state index contributed by atoms with van der Waals surface area (Å²) in [7, 11) is 0. The maximum absolute atomic E-state index is 13.3. The number of nitro benzene ring substituents is 1. The Labute approximate surface area is 205 Å². The van der Waals surface area contributed by atoms with Crippen molar-refractivity contribution < 1.29 is 9.72 Å². The molecule has 0 fully saturated rings. The number of aromatic nitrogens is 3. The number of halogens is 1. The molecule has 0 radical (unpaired) electrons. The van der Waals surface area contributed by atoms with E-state index in [0.717, 1.165) is 23.2 Å². The molecule has 174 valence electrons. The van der Waals surface area contributed by atoms with Crippen molar-refractivity contribution >= 4 is 40.8 Å². The molecule has 2 aromatic carbocycles. The molecule has 1 N–H and O–H groups in total. The van der Waals surface area contributed by atoms with Gasteiger partial charge in [-0.15, -0.1) is 5.10 Å². The van der Waals surface area contributed by atoms with Crippen LogP contribution in [0, 0.1) is 15.5 Å². The molecular weight excluding hydrogens is 474 g/mol. The molecule has 0 unspecified atom stereocenters. The van der Waals surface area contributed by atoms with Crippen molar-refractivity contribution in [1.29, 1.82) is 0 Å². The van der Waals surface area contributed by atoms with Gasteiger partial charge in [0.15, 0.2) is 5.78 Å². The third kappa shape index (κ3) is 4.21. The number of hydrogen-bond acceptors (Lipinski definition) is 7. The molecule has 1 aliphatic carbocycles. The Kier molecular flexibility index (Phi) is 5.69. The number of hydrogen-bond donors (Lipinski definition) is 1. The van der Waals surface area contributed by atoms with Crippen LogP contribution in [0.25, 0.3) is 0 Å². The van der Waals surface area contributed by atoms with Gasteiger partial charge in [-0.05, 0) is 23.5 Å². The van der Waals surface area contributed by atoms with Gasteiger partial charge in [-0.25, -0.2) is 4.68 Å². The number of benzene rings is 2. The van der Waals surface area contributed by atoms with Gasteiger partial charge in [0.2, 0.25) is 11.1 Å². The first-order chi connectivity index (χ1) is 16.2. The van der Waals surface area contributed by atoms with Crippen molar-refractivity contribution in [1.82, 2.24) is 14.8 Å². The fraction of sp³-hybridized carbons (Fsp3) is 0.292.